The van der Waals surface area contributed by atoms with Gasteiger partial charge in [0.05, 0.1) is 0 Å². The Hall–Kier alpha value is -3.48. The minimum atomic E-state index is -0.448. The summed E-state index contributed by atoms with van der Waals surface area (Å²) >= 11 is -0.215. The van der Waals surface area contributed by atoms with Gasteiger partial charge in [-0.1, -0.05) is 0 Å². The topological polar surface area (TPSA) is 103 Å². The zero-order valence-corrected chi connectivity index (χ0v) is 17.2. The van der Waals surface area contributed by atoms with Crippen molar-refractivity contribution in [1.82, 2.24) is 19.9 Å². The SMILES string of the molecule is CNC(=O)c1cnc(-n2c([Se]c3ccccc3C(N)=O)cc3ccccc32)nc1. The fraction of sp³-hybridized carbons (Fsp3) is 0.0476. The Morgan fingerprint density at radius 3 is 2.45 bits per heavy atom. The molecule has 0 atom stereocenters. The molecule has 0 radical (unpaired) electrons. The summed E-state index contributed by atoms with van der Waals surface area (Å²) in [5.74, 6) is -0.225. The van der Waals surface area contributed by atoms with E-state index in [0.717, 1.165) is 20.0 Å². The van der Waals surface area contributed by atoms with E-state index in [9.17, 15) is 9.59 Å². The first-order valence-corrected chi connectivity index (χ1v) is 10.5. The van der Waals surface area contributed by atoms with Crippen LogP contribution in [-0.2, 0) is 0 Å². The molecule has 0 bridgehead atoms. The molecule has 2 amide bonds. The number of hydrogen-bond donors (Lipinski definition) is 2. The first-order chi connectivity index (χ1) is 14.1. The number of nitrogens with two attached hydrogens (primary N) is 1. The van der Waals surface area contributed by atoms with E-state index >= 15 is 0 Å². The second kappa shape index (κ2) is 7.87. The molecule has 0 aliphatic rings. The summed E-state index contributed by atoms with van der Waals surface area (Å²) in [6.07, 6.45) is 3.01. The average Bonchev–Trinajstić information content (AvgIpc) is 3.11. The predicted molar refractivity (Wildman–Crippen MR) is 112 cm³/mol. The van der Waals surface area contributed by atoms with Crippen LogP contribution in [0.5, 0.6) is 0 Å². The third-order valence-electron chi connectivity index (χ3n) is 4.37. The molecular formula is C21H17N5O2Se. The van der Waals surface area contributed by atoms with E-state index in [1.54, 1.807) is 19.2 Å². The zero-order chi connectivity index (χ0) is 20.4. The van der Waals surface area contributed by atoms with E-state index in [1.807, 2.05) is 41.0 Å². The number of carbonyl (C=O) groups is 2. The van der Waals surface area contributed by atoms with Crippen LogP contribution in [0.4, 0.5) is 0 Å². The molecule has 0 unspecified atom stereocenters. The van der Waals surface area contributed by atoms with Crippen molar-refractivity contribution in [2.45, 2.75) is 0 Å². The summed E-state index contributed by atoms with van der Waals surface area (Å²) < 4.78 is 3.82. The van der Waals surface area contributed by atoms with Gasteiger partial charge in [0, 0.05) is 0 Å². The van der Waals surface area contributed by atoms with Crippen LogP contribution in [0, 0.1) is 0 Å². The monoisotopic (exact) mass is 451 g/mol. The molecule has 0 saturated carbocycles. The number of para-hydroxylation sites is 1. The third kappa shape index (κ3) is 3.63. The van der Waals surface area contributed by atoms with Crippen molar-refractivity contribution in [3.05, 3.63) is 78.1 Å². The molecule has 0 aliphatic carbocycles. The van der Waals surface area contributed by atoms with Gasteiger partial charge >= 0.3 is 173 Å². The summed E-state index contributed by atoms with van der Waals surface area (Å²) in [4.78, 5) is 32.4. The van der Waals surface area contributed by atoms with E-state index < -0.39 is 5.91 Å². The molecule has 3 N–H and O–H groups in total. The van der Waals surface area contributed by atoms with Crippen LogP contribution in [-0.4, -0.2) is 48.4 Å². The van der Waals surface area contributed by atoms with Crippen molar-refractivity contribution in [3.8, 4) is 5.95 Å². The van der Waals surface area contributed by atoms with Crippen molar-refractivity contribution in [3.63, 3.8) is 0 Å². The van der Waals surface area contributed by atoms with Crippen molar-refractivity contribution in [2.75, 3.05) is 7.05 Å². The van der Waals surface area contributed by atoms with Gasteiger partial charge < -0.3 is 0 Å². The molecule has 8 heteroatoms. The molecule has 7 nitrogen and oxygen atoms in total. The summed E-state index contributed by atoms with van der Waals surface area (Å²) in [6, 6.07) is 17.3. The van der Waals surface area contributed by atoms with Crippen molar-refractivity contribution in [2.24, 2.45) is 5.73 Å². The van der Waals surface area contributed by atoms with Gasteiger partial charge in [-0.3, -0.25) is 0 Å². The Morgan fingerprint density at radius 1 is 1.03 bits per heavy atom. The van der Waals surface area contributed by atoms with Crippen LogP contribution in [0.1, 0.15) is 20.7 Å². The maximum absolute atomic E-state index is 11.8. The Bertz CT molecular complexity index is 1220. The van der Waals surface area contributed by atoms with Crippen LogP contribution < -0.4 is 20.1 Å². The van der Waals surface area contributed by atoms with E-state index in [-0.39, 0.29) is 20.9 Å². The molecule has 144 valence electrons. The summed E-state index contributed by atoms with van der Waals surface area (Å²) in [5.41, 5.74) is 7.41. The van der Waals surface area contributed by atoms with Gasteiger partial charge in [-0.05, 0) is 0 Å². The standard InChI is InChI=1S/C21H17N5O2Se/c1-23-20(28)14-11-24-21(25-12-14)26-16-8-4-2-6-13(16)10-18(26)29-17-9-5-3-7-15(17)19(22)27/h2-12H,1H3,(H2,22,27)(H,23,28). The van der Waals surface area contributed by atoms with E-state index in [4.69, 9.17) is 5.73 Å². The van der Waals surface area contributed by atoms with Gasteiger partial charge in [-0.2, -0.15) is 0 Å². The molecule has 0 fully saturated rings. The maximum atomic E-state index is 11.8. The van der Waals surface area contributed by atoms with Gasteiger partial charge in [0.1, 0.15) is 0 Å². The molecule has 0 aliphatic heterocycles. The Balaban J connectivity index is 1.84. The Morgan fingerprint density at radius 2 is 1.72 bits per heavy atom. The number of nitrogens with zero attached hydrogens (tertiary/aromatic N) is 3. The summed E-state index contributed by atoms with van der Waals surface area (Å²) in [5, 5.41) is 3.60. The van der Waals surface area contributed by atoms with Gasteiger partial charge in [0.15, 0.2) is 0 Å². The van der Waals surface area contributed by atoms with Crippen molar-refractivity contribution in [1.29, 1.82) is 0 Å². The fourth-order valence-electron chi connectivity index (χ4n) is 2.98. The molecule has 4 aromatic rings. The molecule has 0 saturated heterocycles. The molecule has 29 heavy (non-hydrogen) atoms. The number of fused-ring (bicyclic) bond motifs is 1. The van der Waals surface area contributed by atoms with E-state index in [1.165, 1.54) is 12.4 Å². The van der Waals surface area contributed by atoms with Crippen molar-refractivity contribution >= 4 is 46.7 Å². The number of benzene rings is 2. The molecular weight excluding hydrogens is 433 g/mol. The van der Waals surface area contributed by atoms with Gasteiger partial charge in [-0.25, -0.2) is 0 Å². The molecule has 0 spiro atoms. The van der Waals surface area contributed by atoms with Crippen LogP contribution >= 0.6 is 0 Å². The van der Waals surface area contributed by atoms with Gasteiger partial charge in [0.2, 0.25) is 0 Å². The minimum absolute atomic E-state index is 0.215. The van der Waals surface area contributed by atoms with Crippen molar-refractivity contribution < 1.29 is 9.59 Å². The first-order valence-electron chi connectivity index (χ1n) is 8.80. The van der Waals surface area contributed by atoms with E-state index in [0.29, 0.717) is 17.1 Å². The Labute approximate surface area is 173 Å². The van der Waals surface area contributed by atoms with Crippen LogP contribution in [0.25, 0.3) is 16.9 Å². The zero-order valence-electron chi connectivity index (χ0n) is 15.5. The number of rotatable bonds is 5. The number of carbonyl (C=O) groups excluding carboxylic acids is 2. The normalized spacial score (nSPS) is 10.8. The summed E-state index contributed by atoms with van der Waals surface area (Å²) in [7, 11) is 1.56. The molecule has 2 heterocycles. The fourth-order valence-corrected chi connectivity index (χ4v) is 5.31. The van der Waals surface area contributed by atoms with Gasteiger partial charge in [0.25, 0.3) is 0 Å². The second-order valence-corrected chi connectivity index (χ2v) is 8.42. The Kier molecular flexibility index (Phi) is 5.12. The summed E-state index contributed by atoms with van der Waals surface area (Å²) in [6.45, 7) is 0. The predicted octanol–water partition coefficient (Wildman–Crippen LogP) is 0.534. The van der Waals surface area contributed by atoms with E-state index in [2.05, 4.69) is 21.4 Å². The molecule has 2 aromatic carbocycles. The third-order valence-corrected chi connectivity index (χ3v) is 6.65. The van der Waals surface area contributed by atoms with Crippen LogP contribution in [0.15, 0.2) is 67.0 Å². The quantitative estimate of drug-likeness (QED) is 0.433. The number of nitrogens with one attached hydrogen (secondary N) is 1. The average molecular weight is 450 g/mol. The van der Waals surface area contributed by atoms with Crippen LogP contribution in [0.3, 0.4) is 0 Å². The second-order valence-electron chi connectivity index (χ2n) is 6.19. The number of aromatic nitrogens is 3. The number of primary amides is 1. The number of amides is 2. The first kappa shape index (κ1) is 18.9. The van der Waals surface area contributed by atoms with Crippen LogP contribution in [0.2, 0.25) is 0 Å². The molecule has 4 rings (SSSR count). The number of hydrogen-bond acceptors (Lipinski definition) is 4. The molecule has 2 aromatic heterocycles. The van der Waals surface area contributed by atoms with Gasteiger partial charge in [-0.15, -0.1) is 0 Å².